The summed E-state index contributed by atoms with van der Waals surface area (Å²) in [5, 5.41) is 0.678. The van der Waals surface area contributed by atoms with E-state index in [4.69, 9.17) is 4.74 Å². The van der Waals surface area contributed by atoms with Crippen LogP contribution in [0.15, 0.2) is 17.2 Å². The lowest BCUT2D eigenvalue weighted by molar-refractivity contribution is -0.137. The maximum Gasteiger partial charge on any atom is 0.420 e. The van der Waals surface area contributed by atoms with E-state index < -0.39 is 11.7 Å². The number of halogens is 3. The maximum absolute atomic E-state index is 13.1. The van der Waals surface area contributed by atoms with Crippen molar-refractivity contribution >= 4 is 23.1 Å². The van der Waals surface area contributed by atoms with Crippen LogP contribution < -0.4 is 4.74 Å². The lowest BCUT2D eigenvalue weighted by atomic mass is 10.2. The number of aromatic nitrogens is 2. The van der Waals surface area contributed by atoms with E-state index in [2.05, 4.69) is 9.97 Å². The van der Waals surface area contributed by atoms with E-state index >= 15 is 0 Å². The first-order chi connectivity index (χ1) is 9.95. The first kappa shape index (κ1) is 14.6. The van der Waals surface area contributed by atoms with Gasteiger partial charge in [-0.2, -0.15) is 13.2 Å². The zero-order valence-corrected chi connectivity index (χ0v) is 12.7. The number of thioether (sulfide) groups is 1. The average Bonchev–Trinajstić information content (AvgIpc) is 2.68. The summed E-state index contributed by atoms with van der Waals surface area (Å²) in [7, 11) is 0. The third-order valence-electron chi connectivity index (χ3n) is 2.89. The van der Waals surface area contributed by atoms with Gasteiger partial charge < -0.3 is 4.74 Å². The van der Waals surface area contributed by atoms with Crippen LogP contribution in [0.25, 0.3) is 10.6 Å². The van der Waals surface area contributed by atoms with Crippen molar-refractivity contribution in [1.29, 1.82) is 0 Å². The predicted octanol–water partition coefficient (Wildman–Crippen LogP) is 4.41. The fourth-order valence-corrected chi connectivity index (χ4v) is 4.11. The molecule has 0 unspecified atom stereocenters. The van der Waals surface area contributed by atoms with Crippen molar-refractivity contribution < 1.29 is 17.9 Å². The van der Waals surface area contributed by atoms with E-state index in [0.29, 0.717) is 22.4 Å². The van der Waals surface area contributed by atoms with Crippen LogP contribution in [-0.4, -0.2) is 22.3 Å². The number of hydrogen-bond donors (Lipinski definition) is 0. The van der Waals surface area contributed by atoms with Crippen LogP contribution in [0.1, 0.15) is 17.8 Å². The van der Waals surface area contributed by atoms with Gasteiger partial charge in [0.1, 0.15) is 11.4 Å². The summed E-state index contributed by atoms with van der Waals surface area (Å²) in [6.45, 7) is 2.17. The highest BCUT2D eigenvalue weighted by molar-refractivity contribution is 7.99. The van der Waals surface area contributed by atoms with Crippen LogP contribution in [0.5, 0.6) is 5.06 Å². The Labute approximate surface area is 127 Å². The molecule has 0 bridgehead atoms. The summed E-state index contributed by atoms with van der Waals surface area (Å²) in [4.78, 5) is 9.01. The summed E-state index contributed by atoms with van der Waals surface area (Å²) in [5.41, 5.74) is -0.883. The third-order valence-corrected chi connectivity index (χ3v) is 5.18. The van der Waals surface area contributed by atoms with E-state index in [1.54, 1.807) is 24.8 Å². The fraction of sp³-hybridized carbons (Fsp3) is 0.385. The van der Waals surface area contributed by atoms with Crippen molar-refractivity contribution in [2.75, 3.05) is 12.4 Å². The van der Waals surface area contributed by atoms with Gasteiger partial charge in [-0.3, -0.25) is 0 Å². The highest BCUT2D eigenvalue weighted by Crippen LogP contribution is 2.46. The molecule has 0 aliphatic carbocycles. The minimum Gasteiger partial charge on any atom is -0.483 e. The number of fused-ring (bicyclic) bond motifs is 1. The van der Waals surface area contributed by atoms with Crippen molar-refractivity contribution in [2.24, 2.45) is 0 Å². The Kier molecular flexibility index (Phi) is 3.83. The van der Waals surface area contributed by atoms with Gasteiger partial charge in [0.2, 0.25) is 0 Å². The number of rotatable bonds is 1. The van der Waals surface area contributed by atoms with Gasteiger partial charge >= 0.3 is 6.18 Å². The average molecular weight is 332 g/mol. The molecule has 1 aliphatic heterocycles. The highest BCUT2D eigenvalue weighted by atomic mass is 32.2. The van der Waals surface area contributed by atoms with E-state index in [0.717, 1.165) is 23.3 Å². The molecule has 3 heterocycles. The molecule has 0 atom stereocenters. The lowest BCUT2D eigenvalue weighted by Gasteiger charge is -2.10. The molecule has 0 saturated heterocycles. The molecule has 112 valence electrons. The van der Waals surface area contributed by atoms with Crippen LogP contribution in [0.4, 0.5) is 13.2 Å². The minimum atomic E-state index is -4.47. The van der Waals surface area contributed by atoms with Gasteiger partial charge in [-0.15, -0.1) is 11.8 Å². The molecule has 0 fully saturated rings. The van der Waals surface area contributed by atoms with Crippen molar-refractivity contribution in [3.63, 3.8) is 0 Å². The number of nitrogens with zero attached hydrogens (tertiary/aromatic N) is 2. The van der Waals surface area contributed by atoms with Crippen LogP contribution in [0.2, 0.25) is 0 Å². The molecule has 0 radical (unpaired) electrons. The summed E-state index contributed by atoms with van der Waals surface area (Å²) < 4.78 is 44.9. The monoisotopic (exact) mass is 332 g/mol. The number of ether oxygens (including phenoxy) is 1. The first-order valence-electron chi connectivity index (χ1n) is 6.26. The molecule has 1 aliphatic rings. The van der Waals surface area contributed by atoms with Gasteiger partial charge in [-0.1, -0.05) is 11.3 Å². The first-order valence-corrected chi connectivity index (χ1v) is 8.06. The molecule has 3 rings (SSSR count). The number of thiophene rings is 1. The van der Waals surface area contributed by atoms with Crippen molar-refractivity contribution in [2.45, 2.75) is 24.4 Å². The second-order valence-corrected chi connectivity index (χ2v) is 6.64. The SMILES string of the molecule is Cc1ncc(C(F)(F)F)c(-c2cc3c(s2)OCCCS3)n1. The molecule has 0 saturated carbocycles. The van der Waals surface area contributed by atoms with Gasteiger partial charge in [0.15, 0.2) is 5.06 Å². The van der Waals surface area contributed by atoms with Gasteiger partial charge in [-0.05, 0) is 19.4 Å². The predicted molar refractivity (Wildman–Crippen MR) is 75.9 cm³/mol. The van der Waals surface area contributed by atoms with Gasteiger partial charge in [0, 0.05) is 11.9 Å². The smallest absolute Gasteiger partial charge is 0.420 e. The van der Waals surface area contributed by atoms with Crippen molar-refractivity contribution in [1.82, 2.24) is 9.97 Å². The molecule has 21 heavy (non-hydrogen) atoms. The van der Waals surface area contributed by atoms with Crippen LogP contribution >= 0.6 is 23.1 Å². The second-order valence-electron chi connectivity index (χ2n) is 4.49. The molecule has 8 heteroatoms. The topological polar surface area (TPSA) is 35.0 Å². The van der Waals surface area contributed by atoms with E-state index in [1.807, 2.05) is 0 Å². The Bertz CT molecular complexity index is 646. The van der Waals surface area contributed by atoms with E-state index in [-0.39, 0.29) is 5.69 Å². The fourth-order valence-electron chi connectivity index (χ4n) is 1.95. The van der Waals surface area contributed by atoms with Crippen molar-refractivity contribution in [3.8, 4) is 15.6 Å². The molecule has 2 aromatic heterocycles. The normalized spacial score (nSPS) is 15.2. The van der Waals surface area contributed by atoms with Crippen LogP contribution in [-0.2, 0) is 6.18 Å². The van der Waals surface area contributed by atoms with E-state index in [1.165, 1.54) is 11.3 Å². The lowest BCUT2D eigenvalue weighted by Crippen LogP contribution is -2.09. The second kappa shape index (κ2) is 5.49. The molecule has 2 aromatic rings. The van der Waals surface area contributed by atoms with Gasteiger partial charge in [0.05, 0.1) is 22.1 Å². The van der Waals surface area contributed by atoms with Crippen LogP contribution in [0, 0.1) is 6.92 Å². The Hall–Kier alpha value is -1.28. The standard InChI is InChI=1S/C13H11F3N2OS2/c1-7-17-6-8(13(14,15)16)11(18-7)9-5-10-12(21-9)19-3-2-4-20-10/h5-6H,2-4H2,1H3. The Morgan fingerprint density at radius 2 is 2.14 bits per heavy atom. The summed E-state index contributed by atoms with van der Waals surface area (Å²) in [5.74, 6) is 1.22. The summed E-state index contributed by atoms with van der Waals surface area (Å²) >= 11 is 2.81. The third kappa shape index (κ3) is 3.01. The minimum absolute atomic E-state index is 0.0720. The molecular formula is C13H11F3N2OS2. The molecule has 0 spiro atoms. The zero-order valence-electron chi connectivity index (χ0n) is 11.0. The maximum atomic E-state index is 13.1. The Balaban J connectivity index is 2.10. The highest BCUT2D eigenvalue weighted by Gasteiger charge is 2.36. The Morgan fingerprint density at radius 1 is 1.33 bits per heavy atom. The summed E-state index contributed by atoms with van der Waals surface area (Å²) in [6.07, 6.45) is -2.70. The van der Waals surface area contributed by atoms with Crippen molar-refractivity contribution in [3.05, 3.63) is 23.7 Å². The largest absolute Gasteiger partial charge is 0.483 e. The summed E-state index contributed by atoms with van der Waals surface area (Å²) in [6, 6.07) is 1.73. The molecule has 0 aromatic carbocycles. The number of alkyl halides is 3. The number of hydrogen-bond acceptors (Lipinski definition) is 5. The Morgan fingerprint density at radius 3 is 2.90 bits per heavy atom. The zero-order chi connectivity index (χ0) is 15.0. The van der Waals surface area contributed by atoms with Gasteiger partial charge in [0.25, 0.3) is 0 Å². The molecule has 3 nitrogen and oxygen atoms in total. The van der Waals surface area contributed by atoms with E-state index in [9.17, 15) is 13.2 Å². The number of aryl methyl sites for hydroxylation is 1. The van der Waals surface area contributed by atoms with Gasteiger partial charge in [-0.25, -0.2) is 9.97 Å². The van der Waals surface area contributed by atoms with Crippen LogP contribution in [0.3, 0.4) is 0 Å². The molecule has 0 amide bonds. The molecular weight excluding hydrogens is 321 g/mol. The quantitative estimate of drug-likeness (QED) is 0.775. The molecule has 0 N–H and O–H groups in total.